The maximum absolute atomic E-state index is 13.4. The quantitative estimate of drug-likeness (QED) is 0.359. The van der Waals surface area contributed by atoms with Crippen LogP contribution in [0.2, 0.25) is 0 Å². The van der Waals surface area contributed by atoms with Crippen LogP contribution in [0.15, 0.2) is 72.9 Å². The molecule has 0 radical (unpaired) electrons. The zero-order valence-corrected chi connectivity index (χ0v) is 21.0. The summed E-state index contributed by atoms with van der Waals surface area (Å²) in [6.45, 7) is 2.42. The van der Waals surface area contributed by atoms with Gasteiger partial charge in [-0.3, -0.25) is 4.79 Å². The van der Waals surface area contributed by atoms with E-state index in [0.717, 1.165) is 33.3 Å². The van der Waals surface area contributed by atoms with E-state index in [0.29, 0.717) is 35.5 Å². The number of aromatic nitrogens is 1. The molecular weight excluding hydrogens is 468 g/mol. The first-order valence-corrected chi connectivity index (χ1v) is 12.2. The number of rotatable bonds is 6. The number of nitrogens with zero attached hydrogens (tertiary/aromatic N) is 1. The van der Waals surface area contributed by atoms with Crippen molar-refractivity contribution in [2.24, 2.45) is 0 Å². The molecule has 5 rings (SSSR count). The van der Waals surface area contributed by atoms with Crippen LogP contribution in [0.1, 0.15) is 28.5 Å². The summed E-state index contributed by atoms with van der Waals surface area (Å²) in [4.78, 5) is 31.4. The summed E-state index contributed by atoms with van der Waals surface area (Å²) < 4.78 is 15.9. The molecule has 1 N–H and O–H groups in total. The molecule has 188 valence electrons. The molecule has 0 unspecified atom stereocenters. The highest BCUT2D eigenvalue weighted by Gasteiger charge is 2.28. The van der Waals surface area contributed by atoms with Crippen LogP contribution in [0.25, 0.3) is 27.6 Å². The number of amides is 1. The average Bonchev–Trinajstić information content (AvgIpc) is 3.19. The van der Waals surface area contributed by atoms with Gasteiger partial charge in [-0.15, -0.1) is 0 Å². The van der Waals surface area contributed by atoms with Gasteiger partial charge in [0.15, 0.2) is 0 Å². The molecule has 1 amide bonds. The van der Waals surface area contributed by atoms with Gasteiger partial charge in [0.1, 0.15) is 11.5 Å². The Morgan fingerprint density at radius 3 is 2.19 bits per heavy atom. The molecule has 1 aliphatic rings. The zero-order chi connectivity index (χ0) is 25.9. The van der Waals surface area contributed by atoms with Crippen molar-refractivity contribution in [2.75, 3.05) is 27.4 Å². The summed E-state index contributed by atoms with van der Waals surface area (Å²) in [5, 5.41) is 1.01. The maximum Gasteiger partial charge on any atom is 0.341 e. The highest BCUT2D eigenvalue weighted by Crippen LogP contribution is 2.34. The van der Waals surface area contributed by atoms with E-state index in [4.69, 9.17) is 14.2 Å². The highest BCUT2D eigenvalue weighted by atomic mass is 16.5. The van der Waals surface area contributed by atoms with Gasteiger partial charge in [-0.1, -0.05) is 18.2 Å². The number of aromatic amines is 1. The Morgan fingerprint density at radius 2 is 1.54 bits per heavy atom. The Labute approximate surface area is 215 Å². The van der Waals surface area contributed by atoms with Gasteiger partial charge in [0.25, 0.3) is 5.91 Å². The van der Waals surface area contributed by atoms with Crippen molar-refractivity contribution in [3.63, 3.8) is 0 Å². The molecule has 0 saturated heterocycles. The number of fused-ring (bicyclic) bond motifs is 3. The van der Waals surface area contributed by atoms with Crippen molar-refractivity contribution in [3.05, 3.63) is 89.8 Å². The SMILES string of the molecule is CCOC(=O)C1=CN(C(=O)c2ccc(OC)cc2)CCc2c1[nH]c1ccc(-c3ccc(OC)cc3)cc21. The minimum atomic E-state index is -0.472. The van der Waals surface area contributed by atoms with Gasteiger partial charge in [0, 0.05) is 29.2 Å². The number of esters is 1. The second-order valence-electron chi connectivity index (χ2n) is 8.71. The fourth-order valence-electron chi connectivity index (χ4n) is 4.64. The third-order valence-electron chi connectivity index (χ3n) is 6.58. The molecule has 7 heteroatoms. The second-order valence-corrected chi connectivity index (χ2v) is 8.71. The lowest BCUT2D eigenvalue weighted by atomic mass is 9.99. The molecule has 0 bridgehead atoms. The number of ether oxygens (including phenoxy) is 3. The van der Waals surface area contributed by atoms with Gasteiger partial charge < -0.3 is 24.1 Å². The number of methoxy groups -OCH3 is 2. The van der Waals surface area contributed by atoms with E-state index in [2.05, 4.69) is 11.1 Å². The van der Waals surface area contributed by atoms with Crippen LogP contribution in [0, 0.1) is 0 Å². The second kappa shape index (κ2) is 10.2. The Morgan fingerprint density at radius 1 is 0.892 bits per heavy atom. The van der Waals surface area contributed by atoms with Crippen LogP contribution >= 0.6 is 0 Å². The van der Waals surface area contributed by atoms with Gasteiger partial charge in [-0.25, -0.2) is 4.79 Å². The van der Waals surface area contributed by atoms with Crippen LogP contribution in [-0.2, 0) is 16.0 Å². The molecule has 1 aliphatic heterocycles. The molecule has 4 aromatic rings. The Kier molecular flexibility index (Phi) is 6.68. The minimum absolute atomic E-state index is 0.196. The van der Waals surface area contributed by atoms with Gasteiger partial charge in [-0.05, 0) is 78.6 Å². The molecule has 2 heterocycles. The van der Waals surface area contributed by atoms with Crippen molar-refractivity contribution in [1.29, 1.82) is 0 Å². The molecule has 0 saturated carbocycles. The van der Waals surface area contributed by atoms with Gasteiger partial charge in [-0.2, -0.15) is 0 Å². The largest absolute Gasteiger partial charge is 0.497 e. The van der Waals surface area contributed by atoms with Gasteiger partial charge in [0.05, 0.1) is 32.1 Å². The van der Waals surface area contributed by atoms with E-state index >= 15 is 0 Å². The summed E-state index contributed by atoms with van der Waals surface area (Å²) >= 11 is 0. The van der Waals surface area contributed by atoms with Crippen molar-refractivity contribution in [1.82, 2.24) is 9.88 Å². The summed E-state index contributed by atoms with van der Waals surface area (Å²) in [5.41, 5.74) is 5.54. The number of carbonyl (C=O) groups is 2. The lowest BCUT2D eigenvalue weighted by molar-refractivity contribution is -0.136. The first kappa shape index (κ1) is 24.2. The van der Waals surface area contributed by atoms with Crippen molar-refractivity contribution < 1.29 is 23.8 Å². The number of benzene rings is 3. The Hall–Kier alpha value is -4.52. The standard InChI is InChI=1S/C30H28N2O5/c1-4-37-30(34)26-18-32(29(33)20-7-12-23(36-3)13-8-20)16-15-24-25-17-21(9-14-27(25)31-28(24)26)19-5-10-22(35-2)11-6-19/h5-14,17-18,31H,4,15-16H2,1-3H3. The number of hydrogen-bond donors (Lipinski definition) is 1. The van der Waals surface area contributed by atoms with Crippen LogP contribution in [0.4, 0.5) is 0 Å². The Balaban J connectivity index is 1.55. The summed E-state index contributed by atoms with van der Waals surface area (Å²) in [6.07, 6.45) is 2.18. The molecule has 1 aromatic heterocycles. The predicted octanol–water partition coefficient (Wildman–Crippen LogP) is 5.45. The van der Waals surface area contributed by atoms with Crippen molar-refractivity contribution in [2.45, 2.75) is 13.3 Å². The normalized spacial score (nSPS) is 12.9. The zero-order valence-electron chi connectivity index (χ0n) is 21.0. The van der Waals surface area contributed by atoms with Crippen LogP contribution in [0.5, 0.6) is 11.5 Å². The summed E-state index contributed by atoms with van der Waals surface area (Å²) in [6, 6.07) is 21.0. The van der Waals surface area contributed by atoms with E-state index in [1.54, 1.807) is 56.5 Å². The monoisotopic (exact) mass is 496 g/mol. The van der Waals surface area contributed by atoms with E-state index < -0.39 is 5.97 Å². The molecule has 7 nitrogen and oxygen atoms in total. The van der Waals surface area contributed by atoms with Gasteiger partial charge in [0.2, 0.25) is 0 Å². The molecule has 37 heavy (non-hydrogen) atoms. The molecule has 0 aliphatic carbocycles. The highest BCUT2D eigenvalue weighted by molar-refractivity contribution is 6.18. The molecule has 0 fully saturated rings. The van der Waals surface area contributed by atoms with Crippen LogP contribution in [0.3, 0.4) is 0 Å². The summed E-state index contributed by atoms with van der Waals surface area (Å²) in [5.74, 6) is 0.799. The topological polar surface area (TPSA) is 80.9 Å². The molecule has 0 spiro atoms. The van der Waals surface area contributed by atoms with E-state index in [-0.39, 0.29) is 12.5 Å². The van der Waals surface area contributed by atoms with E-state index in [9.17, 15) is 9.59 Å². The maximum atomic E-state index is 13.4. The molecule has 0 atom stereocenters. The lowest BCUT2D eigenvalue weighted by Gasteiger charge is -2.18. The first-order valence-electron chi connectivity index (χ1n) is 12.2. The fraction of sp³-hybridized carbons (Fsp3) is 0.200. The smallest absolute Gasteiger partial charge is 0.341 e. The third kappa shape index (κ3) is 4.68. The number of hydrogen-bond acceptors (Lipinski definition) is 5. The van der Waals surface area contributed by atoms with Crippen molar-refractivity contribution >= 4 is 28.4 Å². The summed E-state index contributed by atoms with van der Waals surface area (Å²) in [7, 11) is 3.23. The third-order valence-corrected chi connectivity index (χ3v) is 6.58. The number of nitrogens with one attached hydrogen (secondary N) is 1. The molecular formula is C30H28N2O5. The van der Waals surface area contributed by atoms with Crippen molar-refractivity contribution in [3.8, 4) is 22.6 Å². The predicted molar refractivity (Wildman–Crippen MR) is 143 cm³/mol. The molecule has 3 aromatic carbocycles. The Bertz CT molecular complexity index is 1480. The van der Waals surface area contributed by atoms with Gasteiger partial charge >= 0.3 is 5.97 Å². The fourth-order valence-corrected chi connectivity index (χ4v) is 4.64. The first-order chi connectivity index (χ1) is 18.0. The van der Waals surface area contributed by atoms with E-state index in [1.165, 1.54) is 0 Å². The van der Waals surface area contributed by atoms with Crippen LogP contribution in [-0.4, -0.2) is 49.1 Å². The number of carbonyl (C=O) groups excluding carboxylic acids is 2. The average molecular weight is 497 g/mol. The van der Waals surface area contributed by atoms with Crippen LogP contribution < -0.4 is 9.47 Å². The minimum Gasteiger partial charge on any atom is -0.497 e. The number of H-pyrrole nitrogens is 1. The lowest BCUT2D eigenvalue weighted by Crippen LogP contribution is -2.28. The van der Waals surface area contributed by atoms with E-state index in [1.807, 2.05) is 36.4 Å².